The molecule has 46 heavy (non-hydrogen) atoms. The van der Waals surface area contributed by atoms with Crippen LogP contribution in [0.3, 0.4) is 0 Å². The summed E-state index contributed by atoms with van der Waals surface area (Å²) in [5, 5.41) is 75.6. The van der Waals surface area contributed by atoms with Gasteiger partial charge in [0, 0.05) is 54.0 Å². The zero-order chi connectivity index (χ0) is 34.6. The highest BCUT2D eigenvalue weighted by Crippen LogP contribution is 2.46. The summed E-state index contributed by atoms with van der Waals surface area (Å²) >= 11 is 0. The minimum atomic E-state index is -1.91. The van der Waals surface area contributed by atoms with Crippen molar-refractivity contribution in [3.8, 4) is 40.2 Å². The summed E-state index contributed by atoms with van der Waals surface area (Å²) in [6.07, 6.45) is -2.54. The van der Waals surface area contributed by atoms with Crippen molar-refractivity contribution < 1.29 is 59.6 Å². The number of hydrogen-bond acceptors (Lipinski definition) is 12. The molecule has 0 aliphatic heterocycles. The second kappa shape index (κ2) is 14.5. The number of Topliss-reactive ketones (excluding diaryl/α,β-unsaturated/α-hetero) is 3. The molecule has 0 saturated heterocycles. The molecule has 0 aromatic heterocycles. The van der Waals surface area contributed by atoms with Crippen LogP contribution in [-0.4, -0.2) is 80.0 Å². The van der Waals surface area contributed by atoms with E-state index < -0.39 is 64.7 Å². The molecule has 0 heterocycles. The van der Waals surface area contributed by atoms with Crippen molar-refractivity contribution >= 4 is 17.3 Å². The molecular formula is C34H40O12. The second-order valence-corrected chi connectivity index (χ2v) is 10.9. The van der Waals surface area contributed by atoms with E-state index in [0.717, 1.165) is 0 Å². The number of hydrogen-bond donors (Lipinski definition) is 7. The van der Waals surface area contributed by atoms with E-state index >= 15 is 0 Å². The lowest BCUT2D eigenvalue weighted by Gasteiger charge is -2.24. The fourth-order valence-corrected chi connectivity index (χ4v) is 5.61. The largest absolute Gasteiger partial charge is 0.507 e. The molecule has 0 aliphatic carbocycles. The van der Waals surface area contributed by atoms with Crippen LogP contribution < -0.4 is 9.47 Å². The Morgan fingerprint density at radius 3 is 1.67 bits per heavy atom. The first kappa shape index (κ1) is 35.7. The third kappa shape index (κ3) is 6.31. The first-order valence-electron chi connectivity index (χ1n) is 14.6. The van der Waals surface area contributed by atoms with Crippen molar-refractivity contribution in [2.75, 3.05) is 20.8 Å². The number of ketones is 3. The van der Waals surface area contributed by atoms with Crippen molar-refractivity contribution in [1.82, 2.24) is 0 Å². The molecule has 0 fully saturated rings. The van der Waals surface area contributed by atoms with Crippen molar-refractivity contribution in [2.45, 2.75) is 59.5 Å². The summed E-state index contributed by atoms with van der Waals surface area (Å²) < 4.78 is 10.8. The summed E-state index contributed by atoms with van der Waals surface area (Å²) in [6.45, 7) is 5.32. The summed E-state index contributed by atoms with van der Waals surface area (Å²) in [6, 6.07) is 4.14. The molecule has 0 amide bonds. The molecule has 0 spiro atoms. The van der Waals surface area contributed by atoms with Gasteiger partial charge in [-0.05, 0) is 31.9 Å². The van der Waals surface area contributed by atoms with Crippen LogP contribution in [0.1, 0.15) is 85.6 Å². The van der Waals surface area contributed by atoms with E-state index in [1.807, 2.05) is 0 Å². The maximum Gasteiger partial charge on any atom is 0.195 e. The van der Waals surface area contributed by atoms with E-state index in [0.29, 0.717) is 0 Å². The smallest absolute Gasteiger partial charge is 0.195 e. The van der Waals surface area contributed by atoms with Crippen LogP contribution in [0.25, 0.3) is 0 Å². The third-order valence-electron chi connectivity index (χ3n) is 8.24. The van der Waals surface area contributed by atoms with Gasteiger partial charge in [-0.3, -0.25) is 14.4 Å². The number of carbonyl (C=O) groups excluding carboxylic acids is 3. The van der Waals surface area contributed by atoms with E-state index in [1.165, 1.54) is 46.3 Å². The summed E-state index contributed by atoms with van der Waals surface area (Å²) in [4.78, 5) is 38.6. The highest BCUT2D eigenvalue weighted by atomic mass is 16.5. The number of para-hydroxylation sites is 1. The SMILES string of the molecule is CCC(=O)c1c(O)c(C)c(OC)c(Cc2cccc(C(=O)C(O)C(CO)Cc3c(O)c(C(=O)CC)c(O)c(C)c3OC)c2O)c1O. The maximum atomic E-state index is 13.6. The van der Waals surface area contributed by atoms with E-state index in [4.69, 9.17) is 9.47 Å². The Balaban J connectivity index is 2.05. The van der Waals surface area contributed by atoms with Crippen LogP contribution in [0.2, 0.25) is 0 Å². The Labute approximate surface area is 266 Å². The van der Waals surface area contributed by atoms with Crippen LogP contribution in [0.15, 0.2) is 18.2 Å². The number of benzene rings is 3. The average molecular weight is 641 g/mol. The maximum absolute atomic E-state index is 13.6. The first-order chi connectivity index (χ1) is 21.7. The van der Waals surface area contributed by atoms with Gasteiger partial charge in [0.25, 0.3) is 0 Å². The van der Waals surface area contributed by atoms with E-state index in [9.17, 15) is 50.1 Å². The van der Waals surface area contributed by atoms with E-state index in [-0.39, 0.29) is 81.7 Å². The van der Waals surface area contributed by atoms with Crippen LogP contribution in [0.5, 0.6) is 40.2 Å². The van der Waals surface area contributed by atoms with E-state index in [1.54, 1.807) is 13.8 Å². The van der Waals surface area contributed by atoms with Crippen molar-refractivity contribution in [3.63, 3.8) is 0 Å². The predicted octanol–water partition coefficient (Wildman–Crippen LogP) is 4.02. The number of methoxy groups -OCH3 is 2. The minimum Gasteiger partial charge on any atom is -0.507 e. The van der Waals surface area contributed by atoms with Gasteiger partial charge in [0.05, 0.1) is 19.8 Å². The lowest BCUT2D eigenvalue weighted by Crippen LogP contribution is -2.34. The second-order valence-electron chi connectivity index (χ2n) is 10.9. The molecular weight excluding hydrogens is 600 g/mol. The zero-order valence-corrected chi connectivity index (χ0v) is 26.6. The molecule has 0 aliphatic rings. The fourth-order valence-electron chi connectivity index (χ4n) is 5.61. The molecule has 3 rings (SSSR count). The van der Waals surface area contributed by atoms with Gasteiger partial charge in [0.15, 0.2) is 17.3 Å². The molecule has 12 heteroatoms. The third-order valence-corrected chi connectivity index (χ3v) is 8.24. The van der Waals surface area contributed by atoms with Crippen molar-refractivity contribution in [2.24, 2.45) is 5.92 Å². The Morgan fingerprint density at radius 2 is 1.22 bits per heavy atom. The molecule has 0 saturated carbocycles. The summed E-state index contributed by atoms with van der Waals surface area (Å²) in [5.74, 6) is -5.83. The van der Waals surface area contributed by atoms with Crippen molar-refractivity contribution in [3.05, 3.63) is 62.7 Å². The number of ether oxygens (including phenoxy) is 2. The fraction of sp³-hybridized carbons (Fsp3) is 0.382. The molecule has 3 aromatic rings. The Morgan fingerprint density at radius 1 is 0.739 bits per heavy atom. The van der Waals surface area contributed by atoms with Gasteiger partial charge >= 0.3 is 0 Å². The number of aromatic hydroxyl groups is 5. The molecule has 3 aromatic carbocycles. The normalized spacial score (nSPS) is 12.4. The molecule has 0 bridgehead atoms. The van der Waals surface area contributed by atoms with Crippen LogP contribution in [0.4, 0.5) is 0 Å². The van der Waals surface area contributed by atoms with Gasteiger partial charge in [-0.1, -0.05) is 26.0 Å². The highest BCUT2D eigenvalue weighted by molar-refractivity contribution is 6.04. The van der Waals surface area contributed by atoms with E-state index in [2.05, 4.69) is 0 Å². The van der Waals surface area contributed by atoms with Gasteiger partial charge in [-0.25, -0.2) is 0 Å². The number of phenolic OH excluding ortho intramolecular Hbond substituents is 5. The number of aliphatic hydroxyl groups excluding tert-OH is 2. The summed E-state index contributed by atoms with van der Waals surface area (Å²) in [7, 11) is 2.58. The quantitative estimate of drug-likeness (QED) is 0.125. The standard InChI is InChI=1S/C34H40O12/c1-7-22(36)24-26(38)15(3)33(45-5)20(30(24)42)12-17-10-9-11-19(28(17)40)32(44)29(41)18(14-35)13-21-31(43)25(23(37)8-2)27(39)16(4)34(21)46-6/h9-11,18,29,35,38-43H,7-8,12-14H2,1-6H3. The lowest BCUT2D eigenvalue weighted by atomic mass is 9.86. The van der Waals surface area contributed by atoms with Gasteiger partial charge in [0.1, 0.15) is 57.5 Å². The van der Waals surface area contributed by atoms with Crippen molar-refractivity contribution in [1.29, 1.82) is 0 Å². The zero-order valence-electron chi connectivity index (χ0n) is 26.6. The van der Waals surface area contributed by atoms with Gasteiger partial charge in [-0.2, -0.15) is 0 Å². The number of rotatable bonds is 14. The number of phenols is 5. The van der Waals surface area contributed by atoms with Crippen LogP contribution in [0, 0.1) is 19.8 Å². The van der Waals surface area contributed by atoms with Gasteiger partial charge in [0.2, 0.25) is 0 Å². The molecule has 12 nitrogen and oxygen atoms in total. The lowest BCUT2D eigenvalue weighted by molar-refractivity contribution is 0.0467. The Kier molecular flexibility index (Phi) is 11.3. The van der Waals surface area contributed by atoms with Gasteiger partial charge in [-0.15, -0.1) is 0 Å². The number of aliphatic hydroxyl groups is 2. The average Bonchev–Trinajstić information content (AvgIpc) is 3.04. The molecule has 7 N–H and O–H groups in total. The first-order valence-corrected chi connectivity index (χ1v) is 14.6. The molecule has 2 unspecified atom stereocenters. The topological polar surface area (TPSA) is 211 Å². The summed E-state index contributed by atoms with van der Waals surface area (Å²) in [5.41, 5.74) is -0.451. The van der Waals surface area contributed by atoms with Crippen LogP contribution in [-0.2, 0) is 12.8 Å². The Bertz CT molecular complexity index is 1670. The van der Waals surface area contributed by atoms with Gasteiger partial charge < -0.3 is 45.2 Å². The predicted molar refractivity (Wildman–Crippen MR) is 167 cm³/mol. The highest BCUT2D eigenvalue weighted by Gasteiger charge is 2.34. The monoisotopic (exact) mass is 640 g/mol. The molecule has 248 valence electrons. The molecule has 2 atom stereocenters. The number of carbonyl (C=O) groups is 3. The minimum absolute atomic E-state index is 0.00414. The molecule has 0 radical (unpaired) electrons. The van der Waals surface area contributed by atoms with Crippen LogP contribution >= 0.6 is 0 Å². The Hall–Kier alpha value is -4.81.